The Morgan fingerprint density at radius 1 is 0.938 bits per heavy atom. The van der Waals surface area contributed by atoms with E-state index in [1.807, 2.05) is 0 Å². The normalized spacial score (nSPS) is 51.6. The first-order valence-electron chi connectivity index (χ1n) is 14.1. The van der Waals surface area contributed by atoms with Gasteiger partial charge in [0, 0.05) is 0 Å². The highest BCUT2D eigenvalue weighted by Crippen LogP contribution is 2.75. The highest BCUT2D eigenvalue weighted by molar-refractivity contribution is 5.19. The standard InChI is InChI=1S/C31H54O/c1-20(2)23-13-15-28(6)18-19-30(8)24(27(23)28)10-11-26-29(7,16-14-25(32)21(3)4)22(5)12-17-31(26,30)9/h21-27,32H,1,10-19H2,2-9H3/t22?,23-,24?,25-,26?,27?,28+,29-,30+,31+/m0/s1. The van der Waals surface area contributed by atoms with Crippen LogP contribution < -0.4 is 0 Å². The largest absolute Gasteiger partial charge is 0.393 e. The average molecular weight is 443 g/mol. The van der Waals surface area contributed by atoms with Gasteiger partial charge in [-0.3, -0.25) is 0 Å². The van der Waals surface area contributed by atoms with Gasteiger partial charge in [0.25, 0.3) is 0 Å². The minimum Gasteiger partial charge on any atom is -0.393 e. The number of rotatable bonds is 5. The Hall–Kier alpha value is -0.300. The number of aliphatic hydroxyl groups is 1. The van der Waals surface area contributed by atoms with Crippen molar-refractivity contribution in [1.29, 1.82) is 0 Å². The summed E-state index contributed by atoms with van der Waals surface area (Å²) < 4.78 is 0. The van der Waals surface area contributed by atoms with Crippen molar-refractivity contribution in [2.75, 3.05) is 0 Å². The zero-order valence-electron chi connectivity index (χ0n) is 22.8. The van der Waals surface area contributed by atoms with Crippen LogP contribution >= 0.6 is 0 Å². The Morgan fingerprint density at radius 3 is 2.25 bits per heavy atom. The molecule has 184 valence electrons. The quantitative estimate of drug-likeness (QED) is 0.422. The average Bonchev–Trinajstić information content (AvgIpc) is 3.08. The summed E-state index contributed by atoms with van der Waals surface area (Å²) >= 11 is 0. The maximum absolute atomic E-state index is 10.7. The van der Waals surface area contributed by atoms with Gasteiger partial charge < -0.3 is 5.11 Å². The van der Waals surface area contributed by atoms with Gasteiger partial charge in [-0.15, -0.1) is 0 Å². The summed E-state index contributed by atoms with van der Waals surface area (Å²) in [4.78, 5) is 0. The molecule has 0 heterocycles. The second-order valence-corrected chi connectivity index (χ2v) is 14.5. The maximum atomic E-state index is 10.7. The number of allylic oxidation sites excluding steroid dienone is 1. The molecular weight excluding hydrogens is 388 g/mol. The van der Waals surface area contributed by atoms with Crippen LogP contribution in [0.4, 0.5) is 0 Å². The van der Waals surface area contributed by atoms with Crippen molar-refractivity contribution >= 4 is 0 Å². The third-order valence-electron chi connectivity index (χ3n) is 13.0. The van der Waals surface area contributed by atoms with Crippen LogP contribution in [-0.2, 0) is 0 Å². The Morgan fingerprint density at radius 2 is 1.62 bits per heavy atom. The van der Waals surface area contributed by atoms with E-state index in [2.05, 4.69) is 62.0 Å². The SMILES string of the molecule is C=C(C)[C@@H]1CC[C@]2(C)CC[C@]3(C)C(CCC4[C@@](C)(CC[C@H](O)C(C)C)C(C)CC[C@]43C)C12. The fourth-order valence-electron chi connectivity index (χ4n) is 10.2. The zero-order valence-corrected chi connectivity index (χ0v) is 22.8. The van der Waals surface area contributed by atoms with E-state index in [-0.39, 0.29) is 6.10 Å². The van der Waals surface area contributed by atoms with E-state index in [4.69, 9.17) is 0 Å². The van der Waals surface area contributed by atoms with Crippen LogP contribution in [0, 0.1) is 57.2 Å². The van der Waals surface area contributed by atoms with E-state index in [1.54, 1.807) is 0 Å². The smallest absolute Gasteiger partial charge is 0.0563 e. The lowest BCUT2D eigenvalue weighted by molar-refractivity contribution is -0.216. The van der Waals surface area contributed by atoms with Gasteiger partial charge in [-0.2, -0.15) is 0 Å². The minimum absolute atomic E-state index is 0.149. The molecule has 0 aromatic rings. The number of hydrogen-bond acceptors (Lipinski definition) is 1. The number of fused-ring (bicyclic) bond motifs is 5. The van der Waals surface area contributed by atoms with Crippen LogP contribution in [-0.4, -0.2) is 11.2 Å². The predicted octanol–water partition coefficient (Wildman–Crippen LogP) is 8.66. The first-order valence-corrected chi connectivity index (χ1v) is 14.1. The van der Waals surface area contributed by atoms with Gasteiger partial charge in [0.2, 0.25) is 0 Å². The van der Waals surface area contributed by atoms with Crippen LogP contribution in [0.2, 0.25) is 0 Å². The van der Waals surface area contributed by atoms with Gasteiger partial charge in [-0.25, -0.2) is 0 Å². The fourth-order valence-corrected chi connectivity index (χ4v) is 10.2. The number of hydrogen-bond donors (Lipinski definition) is 1. The Labute approximate surface area is 200 Å². The predicted molar refractivity (Wildman–Crippen MR) is 137 cm³/mol. The second kappa shape index (κ2) is 8.13. The molecule has 0 radical (unpaired) electrons. The molecule has 4 unspecified atom stereocenters. The molecular formula is C31H54O. The summed E-state index contributed by atoms with van der Waals surface area (Å²) in [7, 11) is 0. The van der Waals surface area contributed by atoms with Gasteiger partial charge in [-0.1, -0.05) is 60.6 Å². The van der Waals surface area contributed by atoms with E-state index in [1.165, 1.54) is 63.4 Å². The monoisotopic (exact) mass is 442 g/mol. The molecule has 0 aromatic carbocycles. The molecule has 4 rings (SSSR count). The fraction of sp³-hybridized carbons (Fsp3) is 0.935. The summed E-state index contributed by atoms with van der Waals surface area (Å²) in [5, 5.41) is 10.7. The van der Waals surface area contributed by atoms with E-state index in [0.717, 1.165) is 36.0 Å². The van der Waals surface area contributed by atoms with Crippen molar-refractivity contribution in [3.63, 3.8) is 0 Å². The molecule has 4 aliphatic carbocycles. The number of aliphatic hydroxyl groups excluding tert-OH is 1. The molecule has 1 nitrogen and oxygen atoms in total. The van der Waals surface area contributed by atoms with E-state index in [9.17, 15) is 5.11 Å². The van der Waals surface area contributed by atoms with Gasteiger partial charge in [-0.05, 0) is 128 Å². The molecule has 1 N–H and O–H groups in total. The topological polar surface area (TPSA) is 20.2 Å². The molecule has 10 atom stereocenters. The lowest BCUT2D eigenvalue weighted by Gasteiger charge is -2.70. The third kappa shape index (κ3) is 3.41. The molecule has 0 amide bonds. The minimum atomic E-state index is -0.149. The first kappa shape index (κ1) is 24.8. The molecule has 0 bridgehead atoms. The lowest BCUT2D eigenvalue weighted by Crippen LogP contribution is -2.63. The molecule has 0 aliphatic heterocycles. The van der Waals surface area contributed by atoms with Crippen molar-refractivity contribution in [2.24, 2.45) is 57.2 Å². The van der Waals surface area contributed by atoms with E-state index in [0.29, 0.717) is 27.6 Å². The molecule has 1 heteroatoms. The van der Waals surface area contributed by atoms with Gasteiger partial charge in [0.05, 0.1) is 6.10 Å². The summed E-state index contributed by atoms with van der Waals surface area (Å²) in [5.74, 6) is 4.40. The van der Waals surface area contributed by atoms with Crippen LogP contribution in [0.15, 0.2) is 12.2 Å². The summed E-state index contributed by atoms with van der Waals surface area (Å²) in [6, 6.07) is 0. The molecule has 32 heavy (non-hydrogen) atoms. The Bertz CT molecular complexity index is 724. The summed E-state index contributed by atoms with van der Waals surface area (Å²) in [6.07, 6.45) is 13.3. The molecule has 4 aliphatic rings. The van der Waals surface area contributed by atoms with Crippen LogP contribution in [0.5, 0.6) is 0 Å². The molecule has 4 saturated carbocycles. The molecule has 0 aromatic heterocycles. The van der Waals surface area contributed by atoms with Crippen LogP contribution in [0.25, 0.3) is 0 Å². The van der Waals surface area contributed by atoms with Crippen LogP contribution in [0.3, 0.4) is 0 Å². The summed E-state index contributed by atoms with van der Waals surface area (Å²) in [5.41, 5.74) is 3.25. The molecule has 4 fully saturated rings. The lowest BCUT2D eigenvalue weighted by atomic mass is 9.34. The third-order valence-corrected chi connectivity index (χ3v) is 13.0. The molecule has 0 saturated heterocycles. The van der Waals surface area contributed by atoms with Crippen molar-refractivity contribution in [2.45, 2.75) is 126 Å². The van der Waals surface area contributed by atoms with Crippen molar-refractivity contribution < 1.29 is 5.11 Å². The van der Waals surface area contributed by atoms with Crippen molar-refractivity contribution in [3.8, 4) is 0 Å². The Kier molecular flexibility index (Phi) is 6.31. The van der Waals surface area contributed by atoms with Gasteiger partial charge >= 0.3 is 0 Å². The van der Waals surface area contributed by atoms with Crippen LogP contribution in [0.1, 0.15) is 120 Å². The molecule has 0 spiro atoms. The van der Waals surface area contributed by atoms with E-state index < -0.39 is 0 Å². The van der Waals surface area contributed by atoms with E-state index >= 15 is 0 Å². The van der Waals surface area contributed by atoms with Gasteiger partial charge in [0.1, 0.15) is 0 Å². The highest BCUT2D eigenvalue weighted by Gasteiger charge is 2.68. The van der Waals surface area contributed by atoms with Crippen molar-refractivity contribution in [1.82, 2.24) is 0 Å². The maximum Gasteiger partial charge on any atom is 0.0563 e. The van der Waals surface area contributed by atoms with Gasteiger partial charge in [0.15, 0.2) is 0 Å². The zero-order chi connectivity index (χ0) is 23.7. The summed E-state index contributed by atoms with van der Waals surface area (Å²) in [6.45, 7) is 24.4. The highest BCUT2D eigenvalue weighted by atomic mass is 16.3. The van der Waals surface area contributed by atoms with Crippen molar-refractivity contribution in [3.05, 3.63) is 12.2 Å². The first-order chi connectivity index (χ1) is 14.8. The second-order valence-electron chi connectivity index (χ2n) is 14.5. The Balaban J connectivity index is 1.67.